The van der Waals surface area contributed by atoms with Crippen LogP contribution in [-0.4, -0.2) is 21.5 Å². The predicted molar refractivity (Wildman–Crippen MR) is 113 cm³/mol. The fourth-order valence-corrected chi connectivity index (χ4v) is 4.10. The van der Waals surface area contributed by atoms with Crippen molar-refractivity contribution in [3.63, 3.8) is 0 Å². The first-order valence-corrected chi connectivity index (χ1v) is 10.4. The lowest BCUT2D eigenvalue weighted by Gasteiger charge is -2.16. The Kier molecular flexibility index (Phi) is 5.81. The zero-order valence-electron chi connectivity index (χ0n) is 17.0. The fraction of sp³-hybridized carbons (Fsp3) is 0.261. The van der Waals surface area contributed by atoms with Gasteiger partial charge in [0.1, 0.15) is 0 Å². The topological polar surface area (TPSA) is 64.0 Å². The highest BCUT2D eigenvalue weighted by atomic mass is 35.5. The molecule has 3 aromatic rings. The number of carbonyl (C=O) groups excluding carboxylic acids is 2. The largest absolute Gasteiger partial charge is 0.435 e. The molecule has 9 heteroatoms. The Hall–Kier alpha value is -3.13. The molecule has 1 heterocycles. The van der Waals surface area contributed by atoms with Crippen LogP contribution in [0.1, 0.15) is 52.1 Å². The molecule has 0 spiro atoms. The molecule has 1 unspecified atom stereocenters. The van der Waals surface area contributed by atoms with E-state index in [1.165, 1.54) is 6.07 Å². The Balaban J connectivity index is 1.58. The number of rotatable bonds is 5. The van der Waals surface area contributed by atoms with E-state index in [4.69, 9.17) is 11.6 Å². The van der Waals surface area contributed by atoms with E-state index in [0.717, 1.165) is 21.9 Å². The maximum absolute atomic E-state index is 13.3. The van der Waals surface area contributed by atoms with Crippen molar-refractivity contribution in [2.24, 2.45) is 0 Å². The molecule has 1 atom stereocenters. The van der Waals surface area contributed by atoms with Gasteiger partial charge in [0, 0.05) is 17.0 Å². The van der Waals surface area contributed by atoms with Crippen LogP contribution in [0.3, 0.4) is 0 Å². The van der Waals surface area contributed by atoms with Gasteiger partial charge in [-0.2, -0.15) is 18.3 Å². The second-order valence-corrected chi connectivity index (χ2v) is 8.08. The van der Waals surface area contributed by atoms with E-state index in [-0.39, 0.29) is 23.9 Å². The highest BCUT2D eigenvalue weighted by Gasteiger charge is 2.35. The molecule has 5 nitrogen and oxygen atoms in total. The highest BCUT2D eigenvalue weighted by molar-refractivity contribution is 6.30. The van der Waals surface area contributed by atoms with Gasteiger partial charge in [0.15, 0.2) is 11.5 Å². The Labute approximate surface area is 187 Å². The van der Waals surface area contributed by atoms with Crippen LogP contribution in [0.25, 0.3) is 5.69 Å². The van der Waals surface area contributed by atoms with Gasteiger partial charge in [0.25, 0.3) is 0 Å². The van der Waals surface area contributed by atoms with Crippen LogP contribution in [0.5, 0.6) is 0 Å². The minimum Gasteiger partial charge on any atom is -0.350 e. The zero-order chi connectivity index (χ0) is 23.0. The molecular weight excluding hydrogens is 443 g/mol. The molecule has 2 aromatic carbocycles. The summed E-state index contributed by atoms with van der Waals surface area (Å²) in [6.45, 7) is 1.55. The van der Waals surface area contributed by atoms with Gasteiger partial charge in [0.05, 0.1) is 23.8 Å². The van der Waals surface area contributed by atoms with E-state index >= 15 is 0 Å². The second-order valence-electron chi connectivity index (χ2n) is 7.65. The summed E-state index contributed by atoms with van der Waals surface area (Å²) >= 11 is 5.98. The number of benzene rings is 2. The molecule has 1 N–H and O–H groups in total. The molecule has 0 aliphatic heterocycles. The molecular formula is C23H19ClF3N3O2. The van der Waals surface area contributed by atoms with Crippen LogP contribution in [0.2, 0.25) is 5.02 Å². The number of alkyl halides is 3. The minimum absolute atomic E-state index is 0.0551. The number of fused-ring (bicyclic) bond motifs is 1. The predicted octanol–water partition coefficient (Wildman–Crippen LogP) is 5.09. The number of nitrogens with zero attached hydrogens (tertiary/aromatic N) is 2. The molecule has 1 amide bonds. The third kappa shape index (κ3) is 4.27. The van der Waals surface area contributed by atoms with Crippen molar-refractivity contribution in [3.05, 3.63) is 81.6 Å². The van der Waals surface area contributed by atoms with Crippen LogP contribution >= 0.6 is 11.6 Å². The average Bonchev–Trinajstić information content (AvgIpc) is 3.35. The number of amides is 1. The number of carbonyl (C=O) groups is 2. The summed E-state index contributed by atoms with van der Waals surface area (Å²) in [6.07, 6.45) is -3.63. The third-order valence-electron chi connectivity index (χ3n) is 5.54. The van der Waals surface area contributed by atoms with Gasteiger partial charge >= 0.3 is 6.18 Å². The van der Waals surface area contributed by atoms with Gasteiger partial charge in [-0.1, -0.05) is 35.9 Å². The normalized spacial score (nSPS) is 14.3. The number of ketones is 1. The molecule has 0 radical (unpaired) electrons. The molecule has 0 saturated heterocycles. The zero-order valence-corrected chi connectivity index (χ0v) is 17.8. The van der Waals surface area contributed by atoms with Crippen LogP contribution in [0.15, 0.2) is 48.5 Å². The van der Waals surface area contributed by atoms with Gasteiger partial charge in [0.2, 0.25) is 5.91 Å². The van der Waals surface area contributed by atoms with Crippen molar-refractivity contribution < 1.29 is 22.8 Å². The summed E-state index contributed by atoms with van der Waals surface area (Å²) in [4.78, 5) is 24.8. The molecule has 0 saturated carbocycles. The molecule has 1 aliphatic carbocycles. The second kappa shape index (κ2) is 8.43. The first kappa shape index (κ1) is 22.1. The third-order valence-corrected chi connectivity index (χ3v) is 5.78. The highest BCUT2D eigenvalue weighted by Crippen LogP contribution is 2.31. The number of hydrogen-bond acceptors (Lipinski definition) is 3. The molecule has 166 valence electrons. The lowest BCUT2D eigenvalue weighted by molar-refractivity contribution is -0.141. The number of halogens is 4. The average molecular weight is 462 g/mol. The quantitative estimate of drug-likeness (QED) is 0.575. The molecule has 4 rings (SSSR count). The molecule has 1 aliphatic rings. The van der Waals surface area contributed by atoms with E-state index < -0.39 is 17.8 Å². The van der Waals surface area contributed by atoms with E-state index in [0.29, 0.717) is 29.1 Å². The standard InChI is InChI=1S/C23H19ClF3N3O2/c1-13(17-6-3-7-19-18(17)8-9-20(19)31)22(32)28-12-16-11-21(23(25,26)27)29-30(16)15-5-2-4-14(24)10-15/h2-7,10-11,13H,8-9,12H2,1H3,(H,28,32). The summed E-state index contributed by atoms with van der Waals surface area (Å²) in [5.41, 5.74) is 1.71. The Morgan fingerprint density at radius 2 is 1.94 bits per heavy atom. The summed E-state index contributed by atoms with van der Waals surface area (Å²) in [5.74, 6) is -0.870. The van der Waals surface area contributed by atoms with Crippen molar-refractivity contribution in [1.82, 2.24) is 15.1 Å². The van der Waals surface area contributed by atoms with Crippen LogP contribution in [0, 0.1) is 0 Å². The Morgan fingerprint density at radius 3 is 2.66 bits per heavy atom. The van der Waals surface area contributed by atoms with Crippen molar-refractivity contribution in [2.45, 2.75) is 38.4 Å². The van der Waals surface area contributed by atoms with E-state index in [9.17, 15) is 22.8 Å². The maximum Gasteiger partial charge on any atom is 0.435 e. The van der Waals surface area contributed by atoms with Crippen LogP contribution in [-0.2, 0) is 23.9 Å². The van der Waals surface area contributed by atoms with Crippen molar-refractivity contribution in [2.75, 3.05) is 0 Å². The lowest BCUT2D eigenvalue weighted by Crippen LogP contribution is -2.29. The Morgan fingerprint density at radius 1 is 1.19 bits per heavy atom. The summed E-state index contributed by atoms with van der Waals surface area (Å²) in [5, 5.41) is 6.73. The Bertz CT molecular complexity index is 1200. The summed E-state index contributed by atoms with van der Waals surface area (Å²) in [7, 11) is 0. The molecule has 1 aromatic heterocycles. The molecule has 32 heavy (non-hydrogen) atoms. The number of Topliss-reactive ketones (excluding diaryl/α,β-unsaturated/α-hetero) is 1. The summed E-state index contributed by atoms with van der Waals surface area (Å²) in [6, 6.07) is 12.5. The number of nitrogens with one attached hydrogen (secondary N) is 1. The van der Waals surface area contributed by atoms with E-state index in [2.05, 4.69) is 10.4 Å². The van der Waals surface area contributed by atoms with Gasteiger partial charge in [-0.3, -0.25) is 9.59 Å². The van der Waals surface area contributed by atoms with Gasteiger partial charge in [-0.05, 0) is 48.7 Å². The van der Waals surface area contributed by atoms with Gasteiger partial charge in [-0.25, -0.2) is 4.68 Å². The first-order chi connectivity index (χ1) is 15.1. The van der Waals surface area contributed by atoms with Gasteiger partial charge in [-0.15, -0.1) is 0 Å². The summed E-state index contributed by atoms with van der Waals surface area (Å²) < 4.78 is 40.9. The van der Waals surface area contributed by atoms with Crippen molar-refractivity contribution in [3.8, 4) is 5.69 Å². The van der Waals surface area contributed by atoms with Gasteiger partial charge < -0.3 is 5.32 Å². The lowest BCUT2D eigenvalue weighted by atomic mass is 9.92. The van der Waals surface area contributed by atoms with Crippen molar-refractivity contribution in [1.29, 1.82) is 0 Å². The fourth-order valence-electron chi connectivity index (χ4n) is 3.91. The van der Waals surface area contributed by atoms with Crippen LogP contribution in [0.4, 0.5) is 13.2 Å². The number of hydrogen-bond donors (Lipinski definition) is 1. The van der Waals surface area contributed by atoms with E-state index in [1.807, 2.05) is 0 Å². The smallest absolute Gasteiger partial charge is 0.350 e. The van der Waals surface area contributed by atoms with E-state index in [1.54, 1.807) is 43.3 Å². The maximum atomic E-state index is 13.3. The SMILES string of the molecule is CC(C(=O)NCc1cc(C(F)(F)F)nn1-c1cccc(Cl)c1)c1cccc2c1CCC2=O. The van der Waals surface area contributed by atoms with Crippen LogP contribution < -0.4 is 5.32 Å². The minimum atomic E-state index is -4.63. The molecule has 0 bridgehead atoms. The van der Waals surface area contributed by atoms with Crippen molar-refractivity contribution >= 4 is 23.3 Å². The molecule has 0 fully saturated rings. The monoisotopic (exact) mass is 461 g/mol. The number of aromatic nitrogens is 2. The first-order valence-electron chi connectivity index (χ1n) is 10.00.